The number of hydrogen-bond acceptors (Lipinski definition) is 3. The van der Waals surface area contributed by atoms with Gasteiger partial charge in [0, 0.05) is 18.8 Å². The minimum atomic E-state index is -0.205. The molecule has 0 aliphatic carbocycles. The van der Waals surface area contributed by atoms with E-state index in [0.29, 0.717) is 5.02 Å². The molecule has 5 heteroatoms. The second-order valence-corrected chi connectivity index (χ2v) is 4.21. The van der Waals surface area contributed by atoms with E-state index in [1.807, 2.05) is 37.5 Å². The minimum absolute atomic E-state index is 0.0169. The van der Waals surface area contributed by atoms with Crippen LogP contribution in [0.25, 0.3) is 0 Å². The smallest absolute Gasteiger partial charge is 0.0776 e. The highest BCUT2D eigenvalue weighted by molar-refractivity contribution is 6.33. The van der Waals surface area contributed by atoms with Crippen molar-refractivity contribution in [2.45, 2.75) is 6.04 Å². The van der Waals surface area contributed by atoms with Gasteiger partial charge in [-0.15, -0.1) is 0 Å². The molecule has 4 nitrogen and oxygen atoms in total. The second kappa shape index (κ2) is 5.21. The largest absolute Gasteiger partial charge is 0.394 e. The predicted molar refractivity (Wildman–Crippen MR) is 68.1 cm³/mol. The Morgan fingerprint density at radius 2 is 2.24 bits per heavy atom. The molecule has 2 rings (SSSR count). The van der Waals surface area contributed by atoms with Gasteiger partial charge in [0.25, 0.3) is 0 Å². The summed E-state index contributed by atoms with van der Waals surface area (Å²) in [6.07, 6.45) is 3.59. The zero-order valence-corrected chi connectivity index (χ0v) is 10.2. The fraction of sp³-hybridized carbons (Fsp3) is 0.250. The molecule has 0 spiro atoms. The zero-order chi connectivity index (χ0) is 12.3. The fourth-order valence-electron chi connectivity index (χ4n) is 1.62. The zero-order valence-electron chi connectivity index (χ0n) is 9.47. The number of anilines is 1. The second-order valence-electron chi connectivity index (χ2n) is 3.81. The van der Waals surface area contributed by atoms with Gasteiger partial charge >= 0.3 is 0 Å². The Balaban J connectivity index is 2.18. The van der Waals surface area contributed by atoms with Gasteiger partial charge in [-0.25, -0.2) is 0 Å². The molecule has 2 N–H and O–H groups in total. The van der Waals surface area contributed by atoms with E-state index in [-0.39, 0.29) is 12.6 Å². The first-order chi connectivity index (χ1) is 8.20. The Labute approximate surface area is 105 Å². The number of aliphatic hydroxyl groups is 1. The number of rotatable bonds is 4. The number of aliphatic hydroxyl groups excluding tert-OH is 1. The number of hydrogen-bond donors (Lipinski definition) is 2. The van der Waals surface area contributed by atoms with E-state index < -0.39 is 0 Å². The van der Waals surface area contributed by atoms with Crippen LogP contribution < -0.4 is 5.32 Å². The molecule has 1 unspecified atom stereocenters. The summed E-state index contributed by atoms with van der Waals surface area (Å²) in [5, 5.41) is 17.3. The molecule has 0 fully saturated rings. The van der Waals surface area contributed by atoms with Crippen molar-refractivity contribution >= 4 is 17.3 Å². The quantitative estimate of drug-likeness (QED) is 0.876. The molecular formula is C12H14ClN3O. The first-order valence-electron chi connectivity index (χ1n) is 5.31. The van der Waals surface area contributed by atoms with Gasteiger partial charge in [-0.3, -0.25) is 4.68 Å². The van der Waals surface area contributed by atoms with E-state index in [9.17, 15) is 5.11 Å². The third-order valence-electron chi connectivity index (χ3n) is 2.51. The average molecular weight is 252 g/mol. The van der Waals surface area contributed by atoms with Crippen molar-refractivity contribution in [1.82, 2.24) is 9.78 Å². The lowest BCUT2D eigenvalue weighted by atomic mass is 10.1. The summed E-state index contributed by atoms with van der Waals surface area (Å²) >= 11 is 6.05. The van der Waals surface area contributed by atoms with E-state index in [2.05, 4.69) is 10.4 Å². The lowest BCUT2D eigenvalue weighted by molar-refractivity contribution is 0.276. The minimum Gasteiger partial charge on any atom is -0.394 e. The molecule has 0 saturated carbocycles. The highest BCUT2D eigenvalue weighted by Crippen LogP contribution is 2.25. The van der Waals surface area contributed by atoms with Crippen LogP contribution in [0.5, 0.6) is 0 Å². The molecule has 2 aromatic rings. The van der Waals surface area contributed by atoms with Gasteiger partial charge in [0.2, 0.25) is 0 Å². The fourth-order valence-corrected chi connectivity index (χ4v) is 1.81. The van der Waals surface area contributed by atoms with Gasteiger partial charge in [0.15, 0.2) is 0 Å². The standard InChI is InChI=1S/C12H14ClN3O/c1-16-7-9(6-14-16)12(8-17)15-11-5-3-2-4-10(11)13/h2-7,12,15,17H,8H2,1H3. The number of halogens is 1. The van der Waals surface area contributed by atoms with Crippen LogP contribution in [0.1, 0.15) is 11.6 Å². The Hall–Kier alpha value is -1.52. The normalized spacial score (nSPS) is 12.4. The van der Waals surface area contributed by atoms with E-state index in [1.54, 1.807) is 10.9 Å². The summed E-state index contributed by atoms with van der Waals surface area (Å²) in [6, 6.07) is 7.24. The van der Waals surface area contributed by atoms with Gasteiger partial charge in [-0.2, -0.15) is 5.10 Å². The lowest BCUT2D eigenvalue weighted by Crippen LogP contribution is -2.14. The molecule has 0 radical (unpaired) electrons. The van der Waals surface area contributed by atoms with Crippen LogP contribution in [0.2, 0.25) is 5.02 Å². The van der Waals surface area contributed by atoms with Crippen LogP contribution in [-0.4, -0.2) is 21.5 Å². The van der Waals surface area contributed by atoms with Crippen LogP contribution in [-0.2, 0) is 7.05 Å². The molecule has 0 amide bonds. The van der Waals surface area contributed by atoms with Gasteiger partial charge in [0.05, 0.1) is 29.6 Å². The van der Waals surface area contributed by atoms with E-state index in [4.69, 9.17) is 11.6 Å². The van der Waals surface area contributed by atoms with Crippen molar-refractivity contribution in [1.29, 1.82) is 0 Å². The maximum absolute atomic E-state index is 9.40. The molecule has 1 atom stereocenters. The third-order valence-corrected chi connectivity index (χ3v) is 2.84. The van der Waals surface area contributed by atoms with Crippen molar-refractivity contribution in [3.05, 3.63) is 47.2 Å². The molecule has 1 aromatic heterocycles. The van der Waals surface area contributed by atoms with Crippen molar-refractivity contribution in [2.24, 2.45) is 7.05 Å². The summed E-state index contributed by atoms with van der Waals surface area (Å²) in [7, 11) is 1.84. The molecule has 1 heterocycles. The molecule has 90 valence electrons. The summed E-state index contributed by atoms with van der Waals surface area (Å²) in [5.41, 5.74) is 1.73. The van der Waals surface area contributed by atoms with Crippen molar-refractivity contribution < 1.29 is 5.11 Å². The molecule has 0 aliphatic heterocycles. The molecule has 17 heavy (non-hydrogen) atoms. The number of nitrogens with one attached hydrogen (secondary N) is 1. The maximum atomic E-state index is 9.40. The Morgan fingerprint density at radius 3 is 2.82 bits per heavy atom. The van der Waals surface area contributed by atoms with Crippen LogP contribution in [0.4, 0.5) is 5.69 Å². The molecular weight excluding hydrogens is 238 g/mol. The number of aryl methyl sites for hydroxylation is 1. The van der Waals surface area contributed by atoms with Crippen molar-refractivity contribution in [3.63, 3.8) is 0 Å². The maximum Gasteiger partial charge on any atom is 0.0776 e. The van der Waals surface area contributed by atoms with Crippen molar-refractivity contribution in [3.8, 4) is 0 Å². The van der Waals surface area contributed by atoms with Crippen molar-refractivity contribution in [2.75, 3.05) is 11.9 Å². The van der Waals surface area contributed by atoms with Gasteiger partial charge < -0.3 is 10.4 Å². The van der Waals surface area contributed by atoms with Crippen LogP contribution in [0, 0.1) is 0 Å². The first kappa shape index (κ1) is 12.0. The SMILES string of the molecule is Cn1cc(C(CO)Nc2ccccc2Cl)cn1. The van der Waals surface area contributed by atoms with Crippen LogP contribution in [0.15, 0.2) is 36.7 Å². The summed E-state index contributed by atoms with van der Waals surface area (Å²) in [6.45, 7) is -0.0169. The highest BCUT2D eigenvalue weighted by Gasteiger charge is 2.13. The summed E-state index contributed by atoms with van der Waals surface area (Å²) in [5.74, 6) is 0. The average Bonchev–Trinajstić information content (AvgIpc) is 2.75. The van der Waals surface area contributed by atoms with E-state index >= 15 is 0 Å². The number of benzene rings is 1. The van der Waals surface area contributed by atoms with Gasteiger partial charge in [-0.05, 0) is 12.1 Å². The summed E-state index contributed by atoms with van der Waals surface area (Å²) in [4.78, 5) is 0. The van der Waals surface area contributed by atoms with E-state index in [0.717, 1.165) is 11.3 Å². The summed E-state index contributed by atoms with van der Waals surface area (Å²) < 4.78 is 1.70. The van der Waals surface area contributed by atoms with Gasteiger partial charge in [0.1, 0.15) is 0 Å². The molecule has 0 aliphatic rings. The van der Waals surface area contributed by atoms with Gasteiger partial charge in [-0.1, -0.05) is 23.7 Å². The molecule has 0 saturated heterocycles. The Kier molecular flexibility index (Phi) is 3.66. The highest BCUT2D eigenvalue weighted by atomic mass is 35.5. The first-order valence-corrected chi connectivity index (χ1v) is 5.69. The third kappa shape index (κ3) is 2.78. The number of nitrogens with zero attached hydrogens (tertiary/aromatic N) is 2. The Bertz CT molecular complexity index is 498. The van der Waals surface area contributed by atoms with Crippen LogP contribution in [0.3, 0.4) is 0 Å². The Morgan fingerprint density at radius 1 is 1.47 bits per heavy atom. The topological polar surface area (TPSA) is 50.1 Å². The molecule has 0 bridgehead atoms. The number of aromatic nitrogens is 2. The molecule has 1 aromatic carbocycles. The number of para-hydroxylation sites is 1. The predicted octanol–water partition coefficient (Wildman–Crippen LogP) is 2.22. The van der Waals surface area contributed by atoms with Crippen LogP contribution >= 0.6 is 11.6 Å². The lowest BCUT2D eigenvalue weighted by Gasteiger charge is -2.16. The van der Waals surface area contributed by atoms with E-state index in [1.165, 1.54) is 0 Å². The monoisotopic (exact) mass is 251 g/mol.